The van der Waals surface area contributed by atoms with E-state index in [2.05, 4.69) is 35.0 Å². The molecule has 0 atom stereocenters. The zero-order valence-corrected chi connectivity index (χ0v) is 13.9. The second kappa shape index (κ2) is 5.60. The maximum atomic E-state index is 5.94. The highest BCUT2D eigenvalue weighted by atomic mass is 16.5. The molecule has 0 N–H and O–H groups in total. The molecule has 120 valence electrons. The Kier molecular flexibility index (Phi) is 3.41. The second-order valence-electron chi connectivity index (χ2n) is 6.04. The normalized spacial score (nSPS) is 15.7. The van der Waals surface area contributed by atoms with Crippen LogP contribution < -0.4 is 4.74 Å². The Labute approximate surface area is 140 Å². The van der Waals surface area contributed by atoms with Gasteiger partial charge >= 0.3 is 0 Å². The lowest BCUT2D eigenvalue weighted by Crippen LogP contribution is -2.01. The fourth-order valence-electron chi connectivity index (χ4n) is 3.07. The third kappa shape index (κ3) is 2.48. The summed E-state index contributed by atoms with van der Waals surface area (Å²) in [6.07, 6.45) is 8.25. The first kappa shape index (κ1) is 14.6. The van der Waals surface area contributed by atoms with Crippen molar-refractivity contribution in [2.75, 3.05) is 0 Å². The van der Waals surface area contributed by atoms with Crippen molar-refractivity contribution < 1.29 is 4.74 Å². The van der Waals surface area contributed by atoms with E-state index in [1.807, 2.05) is 48.5 Å². The number of aliphatic imine (C=N–C) groups is 2. The van der Waals surface area contributed by atoms with Gasteiger partial charge < -0.3 is 4.74 Å². The summed E-state index contributed by atoms with van der Waals surface area (Å²) in [5.41, 5.74) is 6.65. The molecule has 0 bridgehead atoms. The Morgan fingerprint density at radius 2 is 2.04 bits per heavy atom. The summed E-state index contributed by atoms with van der Waals surface area (Å²) in [5, 5.41) is 4.32. The second-order valence-corrected chi connectivity index (χ2v) is 6.04. The third-order valence-electron chi connectivity index (χ3n) is 4.26. The van der Waals surface area contributed by atoms with Crippen LogP contribution in [0.25, 0.3) is 11.3 Å². The molecule has 2 aromatic rings. The van der Waals surface area contributed by atoms with E-state index in [0.717, 1.165) is 45.8 Å². The molecule has 1 aromatic carbocycles. The van der Waals surface area contributed by atoms with Gasteiger partial charge in [-0.3, -0.25) is 9.67 Å². The summed E-state index contributed by atoms with van der Waals surface area (Å²) in [5.74, 6) is 1.40. The summed E-state index contributed by atoms with van der Waals surface area (Å²) in [4.78, 5) is 8.67. The van der Waals surface area contributed by atoms with Crippen LogP contribution in [-0.4, -0.2) is 21.7 Å². The molecule has 0 saturated heterocycles. The lowest BCUT2D eigenvalue weighted by molar-refractivity contribution is 0.423. The van der Waals surface area contributed by atoms with Crippen molar-refractivity contribution in [3.8, 4) is 17.0 Å². The molecule has 4 rings (SSSR count). The minimum absolute atomic E-state index is 0.616. The molecule has 2 aliphatic heterocycles. The minimum atomic E-state index is 0.616. The largest absolute Gasteiger partial charge is 0.439 e. The highest BCUT2D eigenvalue weighted by molar-refractivity contribution is 6.12. The number of rotatable bonds is 3. The summed E-state index contributed by atoms with van der Waals surface area (Å²) >= 11 is 0. The van der Waals surface area contributed by atoms with E-state index < -0.39 is 0 Å². The van der Waals surface area contributed by atoms with Crippen LogP contribution in [-0.2, 0) is 7.05 Å². The fourth-order valence-corrected chi connectivity index (χ4v) is 3.07. The van der Waals surface area contributed by atoms with Crippen molar-refractivity contribution in [3.05, 3.63) is 59.3 Å². The van der Waals surface area contributed by atoms with Crippen molar-refractivity contribution in [1.29, 1.82) is 0 Å². The Balaban J connectivity index is 1.61. The van der Waals surface area contributed by atoms with Crippen molar-refractivity contribution in [2.45, 2.75) is 20.3 Å². The fraction of sp³-hybridized carbons (Fsp3) is 0.211. The van der Waals surface area contributed by atoms with Gasteiger partial charge in [-0.2, -0.15) is 5.10 Å². The van der Waals surface area contributed by atoms with Gasteiger partial charge in [0.2, 0.25) is 5.88 Å². The molecule has 0 amide bonds. The van der Waals surface area contributed by atoms with E-state index in [1.54, 1.807) is 0 Å². The molecule has 3 heterocycles. The van der Waals surface area contributed by atoms with Crippen molar-refractivity contribution in [3.63, 3.8) is 0 Å². The third-order valence-corrected chi connectivity index (χ3v) is 4.26. The van der Waals surface area contributed by atoms with Crippen LogP contribution in [0.2, 0.25) is 0 Å². The van der Waals surface area contributed by atoms with E-state index in [-0.39, 0.29) is 0 Å². The summed E-state index contributed by atoms with van der Waals surface area (Å²) in [6, 6.07) is 6.09. The van der Waals surface area contributed by atoms with Gasteiger partial charge in [-0.15, -0.1) is 0 Å². The highest BCUT2D eigenvalue weighted by Gasteiger charge is 2.18. The van der Waals surface area contributed by atoms with Crippen LogP contribution in [0.5, 0.6) is 5.75 Å². The van der Waals surface area contributed by atoms with Crippen LogP contribution in [0.3, 0.4) is 0 Å². The summed E-state index contributed by atoms with van der Waals surface area (Å²) in [6.45, 7) is 4.16. The van der Waals surface area contributed by atoms with Crippen LogP contribution in [0.1, 0.15) is 17.5 Å². The number of aryl methyl sites for hydroxylation is 3. The lowest BCUT2D eigenvalue weighted by atomic mass is 10.0. The van der Waals surface area contributed by atoms with Gasteiger partial charge in [0.1, 0.15) is 5.75 Å². The molecule has 0 saturated carbocycles. The number of benzene rings is 1. The van der Waals surface area contributed by atoms with E-state index in [9.17, 15) is 0 Å². The van der Waals surface area contributed by atoms with Gasteiger partial charge in [0, 0.05) is 43.1 Å². The SMILES string of the molecule is Cc1cc(OC2=CC3=CN=CCC3=N2)ccc1-c1c(C)cnn1C. The number of hydrogen-bond donors (Lipinski definition) is 0. The zero-order valence-electron chi connectivity index (χ0n) is 13.9. The smallest absolute Gasteiger partial charge is 0.220 e. The Hall–Kier alpha value is -2.95. The molecular formula is C19H18N4O. The van der Waals surface area contributed by atoms with E-state index in [0.29, 0.717) is 5.88 Å². The van der Waals surface area contributed by atoms with Crippen LogP contribution >= 0.6 is 0 Å². The minimum Gasteiger partial charge on any atom is -0.439 e. The van der Waals surface area contributed by atoms with Gasteiger partial charge in [-0.05, 0) is 43.2 Å². The first-order chi connectivity index (χ1) is 11.6. The van der Waals surface area contributed by atoms with Crippen LogP contribution in [0, 0.1) is 13.8 Å². The van der Waals surface area contributed by atoms with Crippen molar-refractivity contribution in [1.82, 2.24) is 9.78 Å². The number of allylic oxidation sites excluding steroid dienone is 2. The predicted molar refractivity (Wildman–Crippen MR) is 95.5 cm³/mol. The Bertz CT molecular complexity index is 925. The van der Waals surface area contributed by atoms with Gasteiger partial charge in [-0.25, -0.2) is 4.99 Å². The van der Waals surface area contributed by atoms with Crippen LogP contribution in [0.15, 0.2) is 58.1 Å². The molecule has 0 aliphatic carbocycles. The summed E-state index contributed by atoms with van der Waals surface area (Å²) in [7, 11) is 1.96. The first-order valence-corrected chi connectivity index (χ1v) is 7.91. The lowest BCUT2D eigenvalue weighted by Gasteiger charge is -2.11. The number of hydrogen-bond acceptors (Lipinski definition) is 4. The molecule has 24 heavy (non-hydrogen) atoms. The Morgan fingerprint density at radius 1 is 1.17 bits per heavy atom. The van der Waals surface area contributed by atoms with Gasteiger partial charge in [0.05, 0.1) is 17.6 Å². The molecular weight excluding hydrogens is 300 g/mol. The average molecular weight is 318 g/mol. The first-order valence-electron chi connectivity index (χ1n) is 7.91. The predicted octanol–water partition coefficient (Wildman–Crippen LogP) is 3.74. The number of nitrogens with zero attached hydrogens (tertiary/aromatic N) is 4. The molecule has 0 spiro atoms. The molecule has 2 aliphatic rings. The molecule has 5 nitrogen and oxygen atoms in total. The maximum absolute atomic E-state index is 5.94. The van der Waals surface area contributed by atoms with E-state index in [4.69, 9.17) is 4.74 Å². The van der Waals surface area contributed by atoms with Crippen LogP contribution in [0.4, 0.5) is 0 Å². The van der Waals surface area contributed by atoms with Crippen molar-refractivity contribution >= 4 is 11.9 Å². The molecule has 1 aromatic heterocycles. The molecule has 0 fully saturated rings. The number of fused-ring (bicyclic) bond motifs is 1. The molecule has 5 heteroatoms. The molecule has 0 radical (unpaired) electrons. The zero-order chi connectivity index (χ0) is 16.7. The maximum Gasteiger partial charge on any atom is 0.220 e. The summed E-state index contributed by atoms with van der Waals surface area (Å²) < 4.78 is 7.84. The van der Waals surface area contributed by atoms with Crippen molar-refractivity contribution in [2.24, 2.45) is 17.0 Å². The Morgan fingerprint density at radius 3 is 2.75 bits per heavy atom. The topological polar surface area (TPSA) is 51.8 Å². The van der Waals surface area contributed by atoms with E-state index >= 15 is 0 Å². The number of ether oxygens (including phenoxy) is 1. The average Bonchev–Trinajstić information content (AvgIpc) is 3.11. The van der Waals surface area contributed by atoms with Gasteiger partial charge in [0.15, 0.2) is 0 Å². The van der Waals surface area contributed by atoms with Gasteiger partial charge in [-0.1, -0.05) is 0 Å². The highest BCUT2D eigenvalue weighted by Crippen LogP contribution is 2.30. The number of aromatic nitrogens is 2. The quantitative estimate of drug-likeness (QED) is 0.865. The van der Waals surface area contributed by atoms with E-state index in [1.165, 1.54) is 0 Å². The molecule has 0 unspecified atom stereocenters. The standard InChI is InChI=1S/C19H18N4O/c1-12-8-15(4-5-16(12)19-13(2)10-21-23(19)3)24-18-9-14-11-20-7-6-17(14)22-18/h4-5,7-11H,6H2,1-3H3. The monoisotopic (exact) mass is 318 g/mol. The van der Waals surface area contributed by atoms with Gasteiger partial charge in [0.25, 0.3) is 0 Å².